The fraction of sp³-hybridized carbons (Fsp3) is 0.455. The summed E-state index contributed by atoms with van der Waals surface area (Å²) in [6.45, 7) is 5.70. The van der Waals surface area contributed by atoms with E-state index in [9.17, 15) is 0 Å². The molecule has 0 saturated heterocycles. The summed E-state index contributed by atoms with van der Waals surface area (Å²) < 4.78 is 5.27. The molecule has 0 radical (unpaired) electrons. The number of aryl methyl sites for hydroxylation is 1. The molecule has 78 valence electrons. The van der Waals surface area contributed by atoms with E-state index in [1.54, 1.807) is 11.8 Å². The SMILES string of the molecule is CCOCCSc1cc(N)ccc1C. The van der Waals surface area contributed by atoms with Gasteiger partial charge in [0.1, 0.15) is 0 Å². The Morgan fingerprint density at radius 3 is 2.93 bits per heavy atom. The minimum absolute atomic E-state index is 0.788. The zero-order valence-corrected chi connectivity index (χ0v) is 9.56. The van der Waals surface area contributed by atoms with Gasteiger partial charge in [-0.05, 0) is 31.5 Å². The van der Waals surface area contributed by atoms with Gasteiger partial charge < -0.3 is 10.5 Å². The van der Waals surface area contributed by atoms with Crippen LogP contribution in [0.2, 0.25) is 0 Å². The molecule has 0 atom stereocenters. The number of rotatable bonds is 5. The van der Waals surface area contributed by atoms with Crippen molar-refractivity contribution in [1.29, 1.82) is 0 Å². The second-order valence-corrected chi connectivity index (χ2v) is 4.21. The maximum absolute atomic E-state index is 5.71. The zero-order chi connectivity index (χ0) is 10.4. The van der Waals surface area contributed by atoms with Crippen LogP contribution in [0.25, 0.3) is 0 Å². The molecule has 0 spiro atoms. The number of hydrogen-bond donors (Lipinski definition) is 1. The minimum Gasteiger partial charge on any atom is -0.399 e. The molecular formula is C11H17NOS. The van der Waals surface area contributed by atoms with Crippen LogP contribution in [0.3, 0.4) is 0 Å². The molecule has 14 heavy (non-hydrogen) atoms. The molecule has 1 aromatic carbocycles. The van der Waals surface area contributed by atoms with Crippen molar-refractivity contribution < 1.29 is 4.74 Å². The van der Waals surface area contributed by atoms with E-state index < -0.39 is 0 Å². The lowest BCUT2D eigenvalue weighted by Gasteiger charge is -2.06. The number of anilines is 1. The van der Waals surface area contributed by atoms with Gasteiger partial charge in [0.25, 0.3) is 0 Å². The number of thioether (sulfide) groups is 1. The Labute approximate surface area is 89.8 Å². The van der Waals surface area contributed by atoms with Gasteiger partial charge in [-0.3, -0.25) is 0 Å². The predicted molar refractivity (Wildman–Crippen MR) is 62.8 cm³/mol. The molecule has 2 N–H and O–H groups in total. The molecular weight excluding hydrogens is 194 g/mol. The smallest absolute Gasteiger partial charge is 0.0560 e. The summed E-state index contributed by atoms with van der Waals surface area (Å²) >= 11 is 1.80. The average Bonchev–Trinajstić information content (AvgIpc) is 2.18. The Balaban J connectivity index is 2.45. The van der Waals surface area contributed by atoms with Gasteiger partial charge >= 0.3 is 0 Å². The third kappa shape index (κ3) is 3.60. The van der Waals surface area contributed by atoms with Crippen LogP contribution in [0, 0.1) is 6.92 Å². The van der Waals surface area contributed by atoms with Crippen molar-refractivity contribution >= 4 is 17.4 Å². The van der Waals surface area contributed by atoms with Crippen molar-refractivity contribution in [2.75, 3.05) is 24.7 Å². The molecule has 1 rings (SSSR count). The standard InChI is InChI=1S/C11H17NOS/c1-3-13-6-7-14-11-8-10(12)5-4-9(11)2/h4-5,8H,3,6-7,12H2,1-2H3. The average molecular weight is 211 g/mol. The minimum atomic E-state index is 0.788. The van der Waals surface area contributed by atoms with Crippen molar-refractivity contribution in [3.05, 3.63) is 23.8 Å². The normalized spacial score (nSPS) is 10.4. The quantitative estimate of drug-likeness (QED) is 0.462. The molecule has 1 aromatic rings. The summed E-state index contributed by atoms with van der Waals surface area (Å²) in [6.07, 6.45) is 0. The molecule has 3 heteroatoms. The van der Waals surface area contributed by atoms with Gasteiger partial charge in [0.05, 0.1) is 6.61 Å². The highest BCUT2D eigenvalue weighted by molar-refractivity contribution is 7.99. The summed E-state index contributed by atoms with van der Waals surface area (Å²) in [6, 6.07) is 6.01. The monoisotopic (exact) mass is 211 g/mol. The van der Waals surface area contributed by atoms with E-state index in [1.165, 1.54) is 10.5 Å². The van der Waals surface area contributed by atoms with Crippen molar-refractivity contribution in [2.45, 2.75) is 18.7 Å². The van der Waals surface area contributed by atoms with E-state index in [1.807, 2.05) is 19.1 Å². The van der Waals surface area contributed by atoms with Gasteiger partial charge in [-0.2, -0.15) is 0 Å². The highest BCUT2D eigenvalue weighted by Gasteiger charge is 1.99. The summed E-state index contributed by atoms with van der Waals surface area (Å²) in [5.41, 5.74) is 7.82. The molecule has 0 saturated carbocycles. The van der Waals surface area contributed by atoms with E-state index in [2.05, 4.69) is 13.0 Å². The van der Waals surface area contributed by atoms with Crippen molar-refractivity contribution in [3.63, 3.8) is 0 Å². The Morgan fingerprint density at radius 1 is 1.43 bits per heavy atom. The Kier molecular flexibility index (Phi) is 4.84. The van der Waals surface area contributed by atoms with Crippen molar-refractivity contribution in [3.8, 4) is 0 Å². The van der Waals surface area contributed by atoms with E-state index in [4.69, 9.17) is 10.5 Å². The third-order valence-electron chi connectivity index (χ3n) is 1.90. The summed E-state index contributed by atoms with van der Waals surface area (Å²) in [5, 5.41) is 0. The molecule has 0 heterocycles. The van der Waals surface area contributed by atoms with Crippen LogP contribution in [-0.4, -0.2) is 19.0 Å². The molecule has 0 aliphatic heterocycles. The maximum Gasteiger partial charge on any atom is 0.0560 e. The third-order valence-corrected chi connectivity index (χ3v) is 3.02. The van der Waals surface area contributed by atoms with Crippen LogP contribution in [0.15, 0.2) is 23.1 Å². The van der Waals surface area contributed by atoms with E-state index >= 15 is 0 Å². The van der Waals surface area contributed by atoms with Gasteiger partial charge in [-0.15, -0.1) is 11.8 Å². The molecule has 0 aliphatic rings. The Hall–Kier alpha value is -0.670. The molecule has 0 amide bonds. The fourth-order valence-corrected chi connectivity index (χ4v) is 2.06. The van der Waals surface area contributed by atoms with Gasteiger partial charge in [0, 0.05) is 22.9 Å². The molecule has 0 fully saturated rings. The van der Waals surface area contributed by atoms with E-state index in [0.717, 1.165) is 24.7 Å². The number of nitrogens with two attached hydrogens (primary N) is 1. The van der Waals surface area contributed by atoms with Gasteiger partial charge in [0.2, 0.25) is 0 Å². The first-order valence-electron chi connectivity index (χ1n) is 4.80. The Bertz CT molecular complexity index is 289. The zero-order valence-electron chi connectivity index (χ0n) is 8.75. The highest BCUT2D eigenvalue weighted by atomic mass is 32.2. The highest BCUT2D eigenvalue weighted by Crippen LogP contribution is 2.24. The number of hydrogen-bond acceptors (Lipinski definition) is 3. The van der Waals surface area contributed by atoms with Gasteiger partial charge in [-0.1, -0.05) is 6.07 Å². The molecule has 0 unspecified atom stereocenters. The molecule has 0 aromatic heterocycles. The van der Waals surface area contributed by atoms with Crippen LogP contribution >= 0.6 is 11.8 Å². The molecule has 0 aliphatic carbocycles. The fourth-order valence-electron chi connectivity index (χ4n) is 1.13. The van der Waals surface area contributed by atoms with Crippen LogP contribution < -0.4 is 5.73 Å². The second-order valence-electron chi connectivity index (χ2n) is 3.07. The van der Waals surface area contributed by atoms with Crippen LogP contribution in [-0.2, 0) is 4.74 Å². The van der Waals surface area contributed by atoms with Crippen molar-refractivity contribution in [2.24, 2.45) is 0 Å². The molecule has 0 bridgehead atoms. The van der Waals surface area contributed by atoms with Crippen LogP contribution in [0.4, 0.5) is 5.69 Å². The lowest BCUT2D eigenvalue weighted by atomic mass is 10.2. The maximum atomic E-state index is 5.71. The van der Waals surface area contributed by atoms with Crippen LogP contribution in [0.5, 0.6) is 0 Å². The molecule has 2 nitrogen and oxygen atoms in total. The number of ether oxygens (including phenoxy) is 1. The lowest BCUT2D eigenvalue weighted by molar-refractivity contribution is 0.164. The summed E-state index contributed by atoms with van der Waals surface area (Å²) in [5.74, 6) is 0.984. The first-order valence-corrected chi connectivity index (χ1v) is 5.79. The lowest BCUT2D eigenvalue weighted by Crippen LogP contribution is -1.96. The number of nitrogen functional groups attached to an aromatic ring is 1. The second kappa shape index (κ2) is 5.94. The van der Waals surface area contributed by atoms with Gasteiger partial charge in [-0.25, -0.2) is 0 Å². The van der Waals surface area contributed by atoms with Crippen molar-refractivity contribution in [1.82, 2.24) is 0 Å². The summed E-state index contributed by atoms with van der Waals surface area (Å²) in [4.78, 5) is 1.25. The first kappa shape index (κ1) is 11.4. The predicted octanol–water partition coefficient (Wildman–Crippen LogP) is 2.71. The van der Waals surface area contributed by atoms with Gasteiger partial charge in [0.15, 0.2) is 0 Å². The van der Waals surface area contributed by atoms with E-state index in [0.29, 0.717) is 0 Å². The number of benzene rings is 1. The first-order chi connectivity index (χ1) is 6.74. The Morgan fingerprint density at radius 2 is 2.21 bits per heavy atom. The topological polar surface area (TPSA) is 35.2 Å². The largest absolute Gasteiger partial charge is 0.399 e. The van der Waals surface area contributed by atoms with Crippen LogP contribution in [0.1, 0.15) is 12.5 Å². The summed E-state index contributed by atoms with van der Waals surface area (Å²) in [7, 11) is 0. The van der Waals surface area contributed by atoms with E-state index in [-0.39, 0.29) is 0 Å².